The third kappa shape index (κ3) is 4.80. The second kappa shape index (κ2) is 9.97. The van der Waals surface area contributed by atoms with Crippen molar-refractivity contribution in [3.8, 4) is 11.3 Å². The number of H-pyrrole nitrogens is 1. The molecule has 0 bridgehead atoms. The monoisotopic (exact) mass is 504 g/mol. The van der Waals surface area contributed by atoms with Gasteiger partial charge in [-0.05, 0) is 36.1 Å². The summed E-state index contributed by atoms with van der Waals surface area (Å²) < 4.78 is 1.50. The summed E-state index contributed by atoms with van der Waals surface area (Å²) in [6, 6.07) is 23.7. The molecular formula is C30H28N6O2. The lowest BCUT2D eigenvalue weighted by molar-refractivity contribution is -0.121. The van der Waals surface area contributed by atoms with Gasteiger partial charge in [0, 0.05) is 41.0 Å². The number of benzene rings is 2. The summed E-state index contributed by atoms with van der Waals surface area (Å²) >= 11 is 0. The van der Waals surface area contributed by atoms with E-state index in [9.17, 15) is 9.59 Å². The van der Waals surface area contributed by atoms with Gasteiger partial charge in [-0.15, -0.1) is 0 Å². The number of fused-ring (bicyclic) bond motifs is 1. The van der Waals surface area contributed by atoms with Crippen LogP contribution in [0.25, 0.3) is 22.2 Å². The molecule has 1 saturated carbocycles. The van der Waals surface area contributed by atoms with E-state index in [0.717, 1.165) is 35.0 Å². The van der Waals surface area contributed by atoms with Crippen LogP contribution in [0.3, 0.4) is 0 Å². The van der Waals surface area contributed by atoms with Crippen LogP contribution in [0.15, 0.2) is 96.2 Å². The number of hydrogen-bond acceptors (Lipinski definition) is 5. The van der Waals surface area contributed by atoms with Crippen molar-refractivity contribution in [2.45, 2.75) is 31.3 Å². The van der Waals surface area contributed by atoms with Crippen LogP contribution in [0, 0.1) is 0 Å². The molecule has 5 aromatic rings. The highest BCUT2D eigenvalue weighted by atomic mass is 16.2. The molecule has 0 radical (unpaired) electrons. The van der Waals surface area contributed by atoms with Gasteiger partial charge in [0.2, 0.25) is 5.91 Å². The zero-order valence-electron chi connectivity index (χ0n) is 20.9. The van der Waals surface area contributed by atoms with E-state index < -0.39 is 0 Å². The molecule has 1 aliphatic rings. The van der Waals surface area contributed by atoms with Crippen molar-refractivity contribution in [1.82, 2.24) is 24.8 Å². The topological polar surface area (TPSA) is 105 Å². The zero-order valence-corrected chi connectivity index (χ0v) is 20.9. The molecule has 0 unspecified atom stereocenters. The van der Waals surface area contributed by atoms with Gasteiger partial charge in [-0.3, -0.25) is 19.1 Å². The summed E-state index contributed by atoms with van der Waals surface area (Å²) in [5.74, 6) is -0.0102. The number of carbonyl (C=O) groups excluding carboxylic acids is 1. The van der Waals surface area contributed by atoms with Crippen LogP contribution in [0.2, 0.25) is 0 Å². The van der Waals surface area contributed by atoms with Crippen LogP contribution < -0.4 is 16.2 Å². The highest BCUT2D eigenvalue weighted by Crippen LogP contribution is 2.47. The minimum atomic E-state index is -0.318. The molecule has 8 heteroatoms. The Labute approximate surface area is 219 Å². The SMILES string of the molecule is O=C(Cn1c(-c2ccccc2)cnc(NCC2(c3ccccc3)CC2)c1=O)NCc1cc2cnccc2[nH]1. The summed E-state index contributed by atoms with van der Waals surface area (Å²) in [6.07, 6.45) is 7.29. The number of amides is 1. The van der Waals surface area contributed by atoms with Crippen molar-refractivity contribution in [3.63, 3.8) is 0 Å². The Bertz CT molecular complexity index is 1610. The van der Waals surface area contributed by atoms with Gasteiger partial charge >= 0.3 is 0 Å². The first kappa shape index (κ1) is 23.7. The standard InChI is InChI=1S/C30H28N6O2/c37-27(32-17-24-15-22-16-31-14-11-25(22)35-24)19-36-26(21-7-3-1-4-8-21)18-33-28(29(36)38)34-20-30(12-13-30)23-9-5-2-6-10-23/h1-11,14-16,18,35H,12-13,17,19-20H2,(H,32,37)(H,33,34). The number of hydrogen-bond donors (Lipinski definition) is 3. The fourth-order valence-corrected chi connectivity index (χ4v) is 4.89. The molecule has 3 aromatic heterocycles. The van der Waals surface area contributed by atoms with Crippen molar-refractivity contribution < 1.29 is 4.79 Å². The van der Waals surface area contributed by atoms with Gasteiger partial charge in [-0.25, -0.2) is 4.98 Å². The Kier molecular flexibility index (Phi) is 6.21. The molecule has 0 saturated heterocycles. The lowest BCUT2D eigenvalue weighted by Gasteiger charge is -2.18. The summed E-state index contributed by atoms with van der Waals surface area (Å²) in [4.78, 5) is 38.5. The van der Waals surface area contributed by atoms with Gasteiger partial charge in [-0.2, -0.15) is 0 Å². The number of pyridine rings is 1. The number of rotatable bonds is 9. The van der Waals surface area contributed by atoms with E-state index in [1.165, 1.54) is 10.1 Å². The van der Waals surface area contributed by atoms with Gasteiger partial charge in [0.25, 0.3) is 5.56 Å². The van der Waals surface area contributed by atoms with Crippen LogP contribution in [0.4, 0.5) is 5.82 Å². The lowest BCUT2D eigenvalue weighted by Crippen LogP contribution is -2.35. The van der Waals surface area contributed by atoms with Crippen LogP contribution >= 0.6 is 0 Å². The molecule has 6 rings (SSSR count). The van der Waals surface area contributed by atoms with Gasteiger partial charge < -0.3 is 15.6 Å². The van der Waals surface area contributed by atoms with Crippen LogP contribution in [0.1, 0.15) is 24.1 Å². The molecule has 0 aliphatic heterocycles. The lowest BCUT2D eigenvalue weighted by atomic mass is 9.96. The molecule has 3 heterocycles. The highest BCUT2D eigenvalue weighted by Gasteiger charge is 2.44. The average Bonchev–Trinajstić information content (AvgIpc) is 3.64. The third-order valence-corrected chi connectivity index (χ3v) is 7.21. The van der Waals surface area contributed by atoms with Crippen molar-refractivity contribution >= 4 is 22.6 Å². The third-order valence-electron chi connectivity index (χ3n) is 7.21. The predicted octanol–water partition coefficient (Wildman–Crippen LogP) is 4.25. The van der Waals surface area contributed by atoms with E-state index in [4.69, 9.17) is 0 Å². The van der Waals surface area contributed by atoms with Crippen molar-refractivity contribution in [2.24, 2.45) is 0 Å². The Morgan fingerprint density at radius 2 is 1.76 bits per heavy atom. The maximum Gasteiger partial charge on any atom is 0.294 e. The molecule has 1 fully saturated rings. The van der Waals surface area contributed by atoms with E-state index in [1.54, 1.807) is 18.6 Å². The van der Waals surface area contributed by atoms with Crippen molar-refractivity contribution in [3.05, 3.63) is 113 Å². The molecule has 0 spiro atoms. The molecule has 38 heavy (non-hydrogen) atoms. The molecule has 190 valence electrons. The van der Waals surface area contributed by atoms with Gasteiger partial charge in [0.1, 0.15) is 6.54 Å². The molecule has 2 aromatic carbocycles. The van der Waals surface area contributed by atoms with E-state index >= 15 is 0 Å². The summed E-state index contributed by atoms with van der Waals surface area (Å²) in [6.45, 7) is 0.815. The quantitative estimate of drug-likeness (QED) is 0.278. The second-order valence-electron chi connectivity index (χ2n) is 9.78. The Morgan fingerprint density at radius 3 is 2.50 bits per heavy atom. The smallest absolute Gasteiger partial charge is 0.294 e. The minimum absolute atomic E-state index is 0.0186. The first-order valence-corrected chi connectivity index (χ1v) is 12.7. The van der Waals surface area contributed by atoms with Gasteiger partial charge in [0.15, 0.2) is 5.82 Å². The second-order valence-corrected chi connectivity index (χ2v) is 9.78. The molecule has 0 atom stereocenters. The van der Waals surface area contributed by atoms with Crippen molar-refractivity contribution in [2.75, 3.05) is 11.9 Å². The van der Waals surface area contributed by atoms with E-state index in [1.807, 2.05) is 60.7 Å². The number of anilines is 1. The van der Waals surface area contributed by atoms with Crippen LogP contribution in [0.5, 0.6) is 0 Å². The maximum atomic E-state index is 13.6. The number of carbonyl (C=O) groups is 1. The normalized spacial score (nSPS) is 13.8. The Hall–Kier alpha value is -4.72. The fourth-order valence-electron chi connectivity index (χ4n) is 4.89. The average molecular weight is 505 g/mol. The number of aromatic amines is 1. The first-order chi connectivity index (χ1) is 18.6. The predicted molar refractivity (Wildman–Crippen MR) is 148 cm³/mol. The van der Waals surface area contributed by atoms with Gasteiger partial charge in [0.05, 0.1) is 18.4 Å². The van der Waals surface area contributed by atoms with Crippen LogP contribution in [-0.2, 0) is 23.3 Å². The van der Waals surface area contributed by atoms with Crippen LogP contribution in [-0.4, -0.2) is 32.0 Å². The zero-order chi connectivity index (χ0) is 26.0. The number of aromatic nitrogens is 4. The highest BCUT2D eigenvalue weighted by molar-refractivity contribution is 5.80. The fraction of sp³-hybridized carbons (Fsp3) is 0.200. The number of nitrogens with one attached hydrogen (secondary N) is 3. The molecule has 3 N–H and O–H groups in total. The Balaban J connectivity index is 1.23. The maximum absolute atomic E-state index is 13.6. The van der Waals surface area contributed by atoms with E-state index in [0.29, 0.717) is 18.8 Å². The Morgan fingerprint density at radius 1 is 1.00 bits per heavy atom. The molecule has 1 aliphatic carbocycles. The van der Waals surface area contributed by atoms with Crippen molar-refractivity contribution in [1.29, 1.82) is 0 Å². The largest absolute Gasteiger partial charge is 0.365 e. The molecule has 1 amide bonds. The minimum Gasteiger partial charge on any atom is -0.365 e. The van der Waals surface area contributed by atoms with Gasteiger partial charge in [-0.1, -0.05) is 60.7 Å². The van der Waals surface area contributed by atoms with E-state index in [-0.39, 0.29) is 29.2 Å². The summed E-state index contributed by atoms with van der Waals surface area (Å²) in [5.41, 5.74) is 4.21. The molecule has 8 nitrogen and oxygen atoms in total. The molecular weight excluding hydrogens is 476 g/mol. The summed E-state index contributed by atoms with van der Waals surface area (Å²) in [5, 5.41) is 7.20. The summed E-state index contributed by atoms with van der Waals surface area (Å²) in [7, 11) is 0. The number of nitrogens with zero attached hydrogens (tertiary/aromatic N) is 3. The van der Waals surface area contributed by atoms with E-state index in [2.05, 4.69) is 37.7 Å². The first-order valence-electron chi connectivity index (χ1n) is 12.7.